The number of nitrogens with zero attached hydrogens (tertiary/aromatic N) is 1. The maximum absolute atomic E-state index is 12.1. The highest BCUT2D eigenvalue weighted by atomic mass is 16.3. The van der Waals surface area contributed by atoms with Crippen molar-refractivity contribution < 1.29 is 5.11 Å². The molecule has 0 aliphatic heterocycles. The standard InChI is InChI=1S/C34H39NO/c1-26(28-19-23-29(24-20-28)33(2,3)25-35)11-10-12-27-17-21-32(22-18-27)34(36,30-13-6-4-7-14-30)31-15-8-5-9-16-31/h4-9,13-16,19-20,23-24,27,32,36H,1,10-12,17-18,21-22H2,2-3H3. The number of aliphatic hydroxyl groups is 1. The molecule has 2 heteroatoms. The van der Waals surface area contributed by atoms with E-state index in [1.165, 1.54) is 17.6 Å². The van der Waals surface area contributed by atoms with Crippen molar-refractivity contribution in [2.75, 3.05) is 0 Å². The second kappa shape index (κ2) is 11.3. The smallest absolute Gasteiger partial charge is 0.117 e. The normalized spacial score (nSPS) is 18.4. The molecule has 3 aromatic carbocycles. The molecular weight excluding hydrogens is 438 g/mol. The first-order chi connectivity index (χ1) is 17.3. The summed E-state index contributed by atoms with van der Waals surface area (Å²) in [6.45, 7) is 8.23. The lowest BCUT2D eigenvalue weighted by atomic mass is 9.67. The van der Waals surface area contributed by atoms with Crippen LogP contribution in [0, 0.1) is 23.2 Å². The van der Waals surface area contributed by atoms with Crippen LogP contribution in [-0.2, 0) is 11.0 Å². The van der Waals surface area contributed by atoms with Crippen molar-refractivity contribution in [2.45, 2.75) is 69.8 Å². The minimum Gasteiger partial charge on any atom is -0.380 e. The molecule has 0 bridgehead atoms. The van der Waals surface area contributed by atoms with Crippen LogP contribution < -0.4 is 0 Å². The minimum atomic E-state index is -0.936. The fraction of sp³-hybridized carbons (Fsp3) is 0.382. The topological polar surface area (TPSA) is 44.0 Å². The largest absolute Gasteiger partial charge is 0.380 e. The SMILES string of the molecule is C=C(CCCC1CCC(C(O)(c2ccccc2)c2ccccc2)CC1)c1ccc(C(C)(C)C#N)cc1. The lowest BCUT2D eigenvalue weighted by molar-refractivity contribution is -0.00805. The molecule has 0 aromatic heterocycles. The molecule has 0 unspecified atom stereocenters. The van der Waals surface area contributed by atoms with Gasteiger partial charge in [-0.1, -0.05) is 111 Å². The summed E-state index contributed by atoms with van der Waals surface area (Å²) in [5.74, 6) is 0.938. The molecule has 3 aromatic rings. The van der Waals surface area contributed by atoms with E-state index in [1.807, 2.05) is 50.2 Å². The van der Waals surface area contributed by atoms with Gasteiger partial charge in [0.2, 0.25) is 0 Å². The lowest BCUT2D eigenvalue weighted by Crippen LogP contribution is -2.38. The highest BCUT2D eigenvalue weighted by Crippen LogP contribution is 2.46. The summed E-state index contributed by atoms with van der Waals surface area (Å²) in [7, 11) is 0. The number of hydrogen-bond donors (Lipinski definition) is 1. The molecular formula is C34H39NO. The van der Waals surface area contributed by atoms with E-state index in [9.17, 15) is 10.4 Å². The molecule has 1 aliphatic rings. The van der Waals surface area contributed by atoms with Crippen molar-refractivity contribution in [1.29, 1.82) is 5.26 Å². The van der Waals surface area contributed by atoms with Crippen molar-refractivity contribution in [3.63, 3.8) is 0 Å². The molecule has 0 saturated heterocycles. The Kier molecular flexibility index (Phi) is 8.12. The van der Waals surface area contributed by atoms with Gasteiger partial charge in [-0.05, 0) is 79.2 Å². The molecule has 1 aliphatic carbocycles. The van der Waals surface area contributed by atoms with Crippen LogP contribution in [0.3, 0.4) is 0 Å². The molecule has 186 valence electrons. The summed E-state index contributed by atoms with van der Waals surface area (Å²) in [6, 6.07) is 31.1. The van der Waals surface area contributed by atoms with Crippen molar-refractivity contribution in [2.24, 2.45) is 11.8 Å². The van der Waals surface area contributed by atoms with Gasteiger partial charge >= 0.3 is 0 Å². The van der Waals surface area contributed by atoms with Crippen molar-refractivity contribution in [3.05, 3.63) is 114 Å². The van der Waals surface area contributed by atoms with Gasteiger partial charge in [0.25, 0.3) is 0 Å². The summed E-state index contributed by atoms with van der Waals surface area (Å²) < 4.78 is 0. The number of hydrogen-bond acceptors (Lipinski definition) is 2. The number of allylic oxidation sites excluding steroid dienone is 1. The average molecular weight is 478 g/mol. The van der Waals surface area contributed by atoms with E-state index in [0.29, 0.717) is 5.92 Å². The van der Waals surface area contributed by atoms with Crippen LogP contribution >= 0.6 is 0 Å². The number of nitriles is 1. The molecule has 4 rings (SSSR count). The van der Waals surface area contributed by atoms with Gasteiger partial charge in [0, 0.05) is 0 Å². The average Bonchev–Trinajstić information content (AvgIpc) is 2.94. The number of rotatable bonds is 9. The van der Waals surface area contributed by atoms with Crippen LogP contribution in [0.25, 0.3) is 5.57 Å². The molecule has 0 spiro atoms. The predicted molar refractivity (Wildman–Crippen MR) is 149 cm³/mol. The van der Waals surface area contributed by atoms with Crippen molar-refractivity contribution in [1.82, 2.24) is 0 Å². The summed E-state index contributed by atoms with van der Waals surface area (Å²) in [4.78, 5) is 0. The third-order valence-electron chi connectivity index (χ3n) is 8.25. The van der Waals surface area contributed by atoms with E-state index in [1.54, 1.807) is 0 Å². The quantitative estimate of drug-likeness (QED) is 0.336. The fourth-order valence-electron chi connectivity index (χ4n) is 5.83. The first kappa shape index (κ1) is 25.9. The van der Waals surface area contributed by atoms with Gasteiger partial charge in [-0.25, -0.2) is 0 Å². The molecule has 36 heavy (non-hydrogen) atoms. The van der Waals surface area contributed by atoms with Gasteiger partial charge in [-0.15, -0.1) is 0 Å². The van der Waals surface area contributed by atoms with Crippen molar-refractivity contribution in [3.8, 4) is 6.07 Å². The summed E-state index contributed by atoms with van der Waals surface area (Å²) in [5, 5.41) is 21.5. The second-order valence-electron chi connectivity index (χ2n) is 11.0. The van der Waals surface area contributed by atoms with Crippen molar-refractivity contribution >= 4 is 5.57 Å². The first-order valence-electron chi connectivity index (χ1n) is 13.4. The lowest BCUT2D eigenvalue weighted by Gasteiger charge is -2.41. The zero-order chi connectivity index (χ0) is 25.6. The van der Waals surface area contributed by atoms with E-state index in [4.69, 9.17) is 0 Å². The Labute approximate surface area is 217 Å². The van der Waals surface area contributed by atoms with Crippen LogP contribution in [0.2, 0.25) is 0 Å². The van der Waals surface area contributed by atoms with Gasteiger partial charge in [0.05, 0.1) is 11.5 Å². The zero-order valence-corrected chi connectivity index (χ0v) is 21.8. The Morgan fingerprint density at radius 1 is 0.833 bits per heavy atom. The van der Waals surface area contributed by atoms with Gasteiger partial charge < -0.3 is 5.11 Å². The van der Waals surface area contributed by atoms with E-state index in [-0.39, 0.29) is 5.92 Å². The van der Waals surface area contributed by atoms with Crippen LogP contribution in [0.5, 0.6) is 0 Å². The Hall–Kier alpha value is -3.15. The van der Waals surface area contributed by atoms with Gasteiger partial charge in [-0.3, -0.25) is 0 Å². The monoisotopic (exact) mass is 477 g/mol. The third-order valence-corrected chi connectivity index (χ3v) is 8.25. The van der Waals surface area contributed by atoms with E-state index >= 15 is 0 Å². The summed E-state index contributed by atoms with van der Waals surface area (Å²) in [5.41, 5.74) is 3.99. The van der Waals surface area contributed by atoms with E-state index in [0.717, 1.165) is 55.2 Å². The molecule has 1 N–H and O–H groups in total. The van der Waals surface area contributed by atoms with Gasteiger partial charge in [0.1, 0.15) is 5.60 Å². The minimum absolute atomic E-state index is 0.227. The van der Waals surface area contributed by atoms with Crippen LogP contribution in [0.15, 0.2) is 91.5 Å². The third kappa shape index (κ3) is 5.63. The van der Waals surface area contributed by atoms with E-state index in [2.05, 4.69) is 61.2 Å². The maximum atomic E-state index is 12.1. The van der Waals surface area contributed by atoms with Gasteiger partial charge in [0.15, 0.2) is 0 Å². The molecule has 0 amide bonds. The van der Waals surface area contributed by atoms with Gasteiger partial charge in [-0.2, -0.15) is 5.26 Å². The Morgan fingerprint density at radius 2 is 1.36 bits per heavy atom. The number of benzene rings is 3. The fourth-order valence-corrected chi connectivity index (χ4v) is 5.83. The molecule has 0 atom stereocenters. The van der Waals surface area contributed by atoms with Crippen LogP contribution in [0.4, 0.5) is 0 Å². The summed E-state index contributed by atoms with van der Waals surface area (Å²) >= 11 is 0. The second-order valence-corrected chi connectivity index (χ2v) is 11.0. The maximum Gasteiger partial charge on any atom is 0.117 e. The molecule has 1 saturated carbocycles. The zero-order valence-electron chi connectivity index (χ0n) is 21.8. The first-order valence-corrected chi connectivity index (χ1v) is 13.4. The Morgan fingerprint density at radius 3 is 1.86 bits per heavy atom. The predicted octanol–water partition coefficient (Wildman–Crippen LogP) is 8.41. The van der Waals surface area contributed by atoms with Crippen LogP contribution in [-0.4, -0.2) is 5.11 Å². The molecule has 2 nitrogen and oxygen atoms in total. The molecule has 1 fully saturated rings. The molecule has 0 radical (unpaired) electrons. The Balaban J connectivity index is 1.32. The summed E-state index contributed by atoms with van der Waals surface area (Å²) in [6.07, 6.45) is 7.76. The Bertz CT molecular complexity index is 1120. The molecule has 0 heterocycles. The highest BCUT2D eigenvalue weighted by Gasteiger charge is 2.41. The van der Waals surface area contributed by atoms with E-state index < -0.39 is 11.0 Å². The highest BCUT2D eigenvalue weighted by molar-refractivity contribution is 5.63. The van der Waals surface area contributed by atoms with Crippen LogP contribution in [0.1, 0.15) is 81.0 Å².